The van der Waals surface area contributed by atoms with Gasteiger partial charge >= 0.3 is 0 Å². The van der Waals surface area contributed by atoms with Crippen LogP contribution in [0.3, 0.4) is 0 Å². The highest BCUT2D eigenvalue weighted by atomic mass is 32.2. The summed E-state index contributed by atoms with van der Waals surface area (Å²) >= 11 is 1.29. The minimum Gasteiger partial charge on any atom is -0.411 e. The molecule has 0 saturated carbocycles. The standard InChI is InChI=1S/C20H22N4O2S/c1-2-24(14-8-4-3-5-9-14)18(25)13-27-20-23-22-19(26-20)16-12-21-17-11-7-6-10-15(16)17/h6-8,10-12,21H,2-5,9,13H2,1H3. The summed E-state index contributed by atoms with van der Waals surface area (Å²) in [6.45, 7) is 2.70. The molecule has 7 heteroatoms. The first-order chi connectivity index (χ1) is 13.3. The second-order valence-electron chi connectivity index (χ2n) is 6.49. The van der Waals surface area contributed by atoms with Crippen LogP contribution >= 0.6 is 11.8 Å². The first-order valence-corrected chi connectivity index (χ1v) is 10.3. The van der Waals surface area contributed by atoms with Crippen molar-refractivity contribution in [3.8, 4) is 11.5 Å². The van der Waals surface area contributed by atoms with Crippen molar-refractivity contribution in [3.05, 3.63) is 42.2 Å². The number of rotatable bonds is 6. The van der Waals surface area contributed by atoms with Crippen LogP contribution in [0.4, 0.5) is 0 Å². The van der Waals surface area contributed by atoms with E-state index in [4.69, 9.17) is 4.42 Å². The summed E-state index contributed by atoms with van der Waals surface area (Å²) in [5.74, 6) is 0.841. The molecule has 3 aromatic rings. The highest BCUT2D eigenvalue weighted by Crippen LogP contribution is 2.30. The molecule has 0 bridgehead atoms. The summed E-state index contributed by atoms with van der Waals surface area (Å²) in [5, 5.41) is 9.69. The number of carbonyl (C=O) groups excluding carboxylic acids is 1. The van der Waals surface area contributed by atoms with Gasteiger partial charge in [-0.3, -0.25) is 4.79 Å². The van der Waals surface area contributed by atoms with Gasteiger partial charge in [0.05, 0.1) is 11.3 Å². The topological polar surface area (TPSA) is 75.0 Å². The molecule has 0 atom stereocenters. The molecule has 1 aromatic carbocycles. The Bertz CT molecular complexity index is 975. The second-order valence-corrected chi connectivity index (χ2v) is 7.42. The number of amides is 1. The number of para-hydroxylation sites is 1. The molecule has 2 heterocycles. The molecule has 0 spiro atoms. The van der Waals surface area contributed by atoms with Crippen molar-refractivity contribution in [2.75, 3.05) is 12.3 Å². The molecule has 0 aliphatic heterocycles. The summed E-state index contributed by atoms with van der Waals surface area (Å²) in [4.78, 5) is 17.7. The van der Waals surface area contributed by atoms with Gasteiger partial charge in [-0.2, -0.15) is 0 Å². The van der Waals surface area contributed by atoms with Crippen molar-refractivity contribution < 1.29 is 9.21 Å². The van der Waals surface area contributed by atoms with Crippen LogP contribution in [-0.2, 0) is 4.79 Å². The van der Waals surface area contributed by atoms with Gasteiger partial charge in [-0.1, -0.05) is 36.0 Å². The van der Waals surface area contributed by atoms with E-state index in [1.54, 1.807) is 0 Å². The van der Waals surface area contributed by atoms with Gasteiger partial charge in [0.2, 0.25) is 5.91 Å². The van der Waals surface area contributed by atoms with Crippen molar-refractivity contribution in [2.45, 2.75) is 37.8 Å². The Morgan fingerprint density at radius 2 is 2.19 bits per heavy atom. The average Bonchev–Trinajstić information content (AvgIpc) is 3.34. The van der Waals surface area contributed by atoms with Crippen molar-refractivity contribution >= 4 is 28.6 Å². The van der Waals surface area contributed by atoms with Gasteiger partial charge < -0.3 is 14.3 Å². The van der Waals surface area contributed by atoms with E-state index < -0.39 is 0 Å². The lowest BCUT2D eigenvalue weighted by molar-refractivity contribution is -0.126. The third-order valence-electron chi connectivity index (χ3n) is 4.78. The van der Waals surface area contributed by atoms with Crippen LogP contribution in [0.25, 0.3) is 22.4 Å². The number of aromatic amines is 1. The van der Waals surface area contributed by atoms with E-state index in [1.807, 2.05) is 42.3 Å². The van der Waals surface area contributed by atoms with Crippen LogP contribution in [0.2, 0.25) is 0 Å². The third-order valence-corrected chi connectivity index (χ3v) is 5.58. The number of carbonyl (C=O) groups is 1. The number of hydrogen-bond acceptors (Lipinski definition) is 5. The van der Waals surface area contributed by atoms with Crippen LogP contribution in [0.1, 0.15) is 32.6 Å². The third kappa shape index (κ3) is 3.78. The summed E-state index contributed by atoms with van der Waals surface area (Å²) in [6, 6.07) is 7.97. The molecule has 2 aromatic heterocycles. The lowest BCUT2D eigenvalue weighted by atomic mass is 10.0. The zero-order chi connectivity index (χ0) is 18.6. The SMILES string of the molecule is CCN(C(=O)CSc1nnc(-c2c[nH]c3ccccc23)o1)C1=CCCCC1. The quantitative estimate of drug-likeness (QED) is 0.630. The maximum absolute atomic E-state index is 12.6. The first kappa shape index (κ1) is 17.9. The predicted molar refractivity (Wildman–Crippen MR) is 106 cm³/mol. The van der Waals surface area contributed by atoms with Gasteiger partial charge in [0, 0.05) is 29.3 Å². The van der Waals surface area contributed by atoms with Crippen molar-refractivity contribution in [2.24, 2.45) is 0 Å². The van der Waals surface area contributed by atoms with Crippen LogP contribution in [-0.4, -0.2) is 38.3 Å². The first-order valence-electron chi connectivity index (χ1n) is 9.28. The molecular weight excluding hydrogens is 360 g/mol. The highest BCUT2D eigenvalue weighted by Gasteiger charge is 2.20. The number of allylic oxidation sites excluding steroid dienone is 2. The van der Waals surface area contributed by atoms with Crippen LogP contribution < -0.4 is 0 Å². The maximum Gasteiger partial charge on any atom is 0.277 e. The molecule has 4 rings (SSSR count). The number of thioether (sulfide) groups is 1. The molecule has 1 amide bonds. The minimum absolute atomic E-state index is 0.0856. The monoisotopic (exact) mass is 382 g/mol. The molecule has 27 heavy (non-hydrogen) atoms. The Balaban J connectivity index is 1.43. The molecule has 1 aliphatic rings. The molecule has 1 aliphatic carbocycles. The lowest BCUT2D eigenvalue weighted by Crippen LogP contribution is -2.32. The fourth-order valence-corrected chi connectivity index (χ4v) is 4.07. The molecule has 140 valence electrons. The number of nitrogens with one attached hydrogen (secondary N) is 1. The molecule has 0 saturated heterocycles. The largest absolute Gasteiger partial charge is 0.411 e. The summed E-state index contributed by atoms with van der Waals surface area (Å²) < 4.78 is 5.78. The Hall–Kier alpha value is -2.54. The van der Waals surface area contributed by atoms with E-state index in [2.05, 4.69) is 21.3 Å². The number of nitrogens with zero attached hydrogens (tertiary/aromatic N) is 3. The zero-order valence-corrected chi connectivity index (χ0v) is 16.1. The van der Waals surface area contributed by atoms with E-state index in [0.717, 1.165) is 41.4 Å². The van der Waals surface area contributed by atoms with E-state index in [1.165, 1.54) is 18.2 Å². The van der Waals surface area contributed by atoms with E-state index in [9.17, 15) is 4.79 Å². The van der Waals surface area contributed by atoms with Gasteiger partial charge in [0.15, 0.2) is 0 Å². The number of hydrogen-bond donors (Lipinski definition) is 1. The molecule has 0 unspecified atom stereocenters. The van der Waals surface area contributed by atoms with Gasteiger partial charge in [0.1, 0.15) is 0 Å². The molecular formula is C20H22N4O2S. The number of benzene rings is 1. The minimum atomic E-state index is 0.0856. The fraction of sp³-hybridized carbons (Fsp3) is 0.350. The van der Waals surface area contributed by atoms with Crippen LogP contribution in [0, 0.1) is 0 Å². The second kappa shape index (κ2) is 8.00. The Kier molecular flexibility index (Phi) is 5.29. The average molecular weight is 382 g/mol. The predicted octanol–water partition coefficient (Wildman–Crippen LogP) is 4.62. The highest BCUT2D eigenvalue weighted by molar-refractivity contribution is 7.99. The van der Waals surface area contributed by atoms with Gasteiger partial charge in [-0.15, -0.1) is 10.2 Å². The zero-order valence-electron chi connectivity index (χ0n) is 15.3. The van der Waals surface area contributed by atoms with E-state index in [0.29, 0.717) is 23.4 Å². The lowest BCUT2D eigenvalue weighted by Gasteiger charge is -2.26. The van der Waals surface area contributed by atoms with Gasteiger partial charge in [0.25, 0.3) is 11.1 Å². The Morgan fingerprint density at radius 1 is 1.30 bits per heavy atom. The molecule has 0 fully saturated rings. The number of H-pyrrole nitrogens is 1. The summed E-state index contributed by atoms with van der Waals surface area (Å²) in [5.41, 5.74) is 3.05. The smallest absolute Gasteiger partial charge is 0.277 e. The van der Waals surface area contributed by atoms with Crippen LogP contribution in [0.5, 0.6) is 0 Å². The molecule has 0 radical (unpaired) electrons. The Morgan fingerprint density at radius 3 is 3.00 bits per heavy atom. The van der Waals surface area contributed by atoms with E-state index in [-0.39, 0.29) is 5.91 Å². The fourth-order valence-electron chi connectivity index (χ4n) is 3.43. The summed E-state index contributed by atoms with van der Waals surface area (Å²) in [7, 11) is 0. The normalized spacial score (nSPS) is 14.3. The van der Waals surface area contributed by atoms with Crippen molar-refractivity contribution in [1.29, 1.82) is 0 Å². The Labute approximate surface area is 162 Å². The van der Waals surface area contributed by atoms with Gasteiger partial charge in [-0.05, 0) is 38.7 Å². The van der Waals surface area contributed by atoms with Crippen molar-refractivity contribution in [3.63, 3.8) is 0 Å². The van der Waals surface area contributed by atoms with Crippen LogP contribution in [0.15, 0.2) is 51.9 Å². The molecule has 1 N–H and O–H groups in total. The van der Waals surface area contributed by atoms with Crippen molar-refractivity contribution in [1.82, 2.24) is 20.1 Å². The number of fused-ring (bicyclic) bond motifs is 1. The molecule has 6 nitrogen and oxygen atoms in total. The van der Waals surface area contributed by atoms with Gasteiger partial charge in [-0.25, -0.2) is 0 Å². The maximum atomic E-state index is 12.6. The summed E-state index contributed by atoms with van der Waals surface area (Å²) in [6.07, 6.45) is 8.46. The van der Waals surface area contributed by atoms with E-state index >= 15 is 0 Å². The number of aromatic nitrogens is 3.